The summed E-state index contributed by atoms with van der Waals surface area (Å²) in [5, 5.41) is 11.6. The summed E-state index contributed by atoms with van der Waals surface area (Å²) in [5.41, 5.74) is 7.35. The molecule has 0 spiro atoms. The van der Waals surface area contributed by atoms with E-state index in [1.54, 1.807) is 0 Å². The van der Waals surface area contributed by atoms with Crippen LogP contribution >= 0.6 is 0 Å². The van der Waals surface area contributed by atoms with Gasteiger partial charge in [-0.15, -0.1) is 0 Å². The fraction of sp³-hybridized carbons (Fsp3) is 0.0312. The van der Waals surface area contributed by atoms with Crippen molar-refractivity contribution in [1.29, 1.82) is 5.26 Å². The summed E-state index contributed by atoms with van der Waals surface area (Å²) in [4.78, 5) is 2.28. The molecule has 0 amide bonds. The standard InChI is InChI=1S/C32H24N2/c1-24(20-25-8-7-9-26(21-25)23-33)27-14-17-31(18-15-27)34(30-12-3-2-4-13-30)32-19-16-28-10-5-6-11-29(28)22-32/h2-22H,1H3/b24-20-. The van der Waals surface area contributed by atoms with E-state index in [9.17, 15) is 0 Å². The molecule has 0 saturated carbocycles. The number of hydrogen-bond donors (Lipinski definition) is 0. The zero-order valence-electron chi connectivity index (χ0n) is 19.0. The van der Waals surface area contributed by atoms with E-state index in [0.29, 0.717) is 5.56 Å². The van der Waals surface area contributed by atoms with Crippen LogP contribution in [-0.2, 0) is 0 Å². The van der Waals surface area contributed by atoms with Gasteiger partial charge < -0.3 is 4.90 Å². The predicted molar refractivity (Wildman–Crippen MR) is 143 cm³/mol. The largest absolute Gasteiger partial charge is 0.310 e. The average molecular weight is 437 g/mol. The van der Waals surface area contributed by atoms with Crippen molar-refractivity contribution in [3.63, 3.8) is 0 Å². The van der Waals surface area contributed by atoms with Gasteiger partial charge in [0.1, 0.15) is 0 Å². The molecule has 0 unspecified atom stereocenters. The third-order valence-corrected chi connectivity index (χ3v) is 5.99. The predicted octanol–water partition coefficient (Wildman–Crippen LogP) is 8.74. The minimum absolute atomic E-state index is 0.672. The summed E-state index contributed by atoms with van der Waals surface area (Å²) < 4.78 is 0. The fourth-order valence-corrected chi connectivity index (χ4v) is 4.24. The zero-order chi connectivity index (χ0) is 23.3. The number of hydrogen-bond acceptors (Lipinski definition) is 2. The van der Waals surface area contributed by atoms with Crippen molar-refractivity contribution in [3.05, 3.63) is 138 Å². The smallest absolute Gasteiger partial charge is 0.0991 e. The van der Waals surface area contributed by atoms with Gasteiger partial charge in [-0.1, -0.05) is 78.9 Å². The van der Waals surface area contributed by atoms with E-state index in [2.05, 4.69) is 115 Å². The third kappa shape index (κ3) is 4.46. The molecule has 0 aliphatic rings. The number of fused-ring (bicyclic) bond motifs is 1. The molecule has 0 radical (unpaired) electrons. The van der Waals surface area contributed by atoms with Gasteiger partial charge in [-0.3, -0.25) is 0 Å². The molecule has 0 bridgehead atoms. The van der Waals surface area contributed by atoms with Crippen molar-refractivity contribution >= 4 is 39.5 Å². The Bertz CT molecular complexity index is 1510. The Kier molecular flexibility index (Phi) is 5.93. The molecule has 0 aliphatic carbocycles. The molecule has 5 aromatic carbocycles. The first-order valence-corrected chi connectivity index (χ1v) is 11.3. The molecule has 0 saturated heterocycles. The number of nitrogens with zero attached hydrogens (tertiary/aromatic N) is 2. The first-order chi connectivity index (χ1) is 16.7. The van der Waals surface area contributed by atoms with Gasteiger partial charge in [-0.25, -0.2) is 0 Å². The van der Waals surface area contributed by atoms with Crippen LogP contribution in [0.4, 0.5) is 17.1 Å². The lowest BCUT2D eigenvalue weighted by molar-refractivity contribution is 1.29. The van der Waals surface area contributed by atoms with Gasteiger partial charge in [-0.05, 0) is 82.9 Å². The van der Waals surface area contributed by atoms with Crippen molar-refractivity contribution in [1.82, 2.24) is 0 Å². The molecule has 0 N–H and O–H groups in total. The normalized spacial score (nSPS) is 11.2. The zero-order valence-corrected chi connectivity index (χ0v) is 19.0. The average Bonchev–Trinajstić information content (AvgIpc) is 2.90. The molecule has 5 rings (SSSR count). The second kappa shape index (κ2) is 9.48. The Morgan fingerprint density at radius 3 is 2.09 bits per heavy atom. The summed E-state index contributed by atoms with van der Waals surface area (Å²) >= 11 is 0. The molecule has 0 aliphatic heterocycles. The Morgan fingerprint density at radius 1 is 0.647 bits per heavy atom. The molecule has 2 heteroatoms. The molecule has 2 nitrogen and oxygen atoms in total. The quantitative estimate of drug-likeness (QED) is 0.258. The summed E-state index contributed by atoms with van der Waals surface area (Å²) in [6.07, 6.45) is 2.12. The van der Waals surface area contributed by atoms with Crippen LogP contribution in [0, 0.1) is 11.3 Å². The van der Waals surface area contributed by atoms with E-state index in [4.69, 9.17) is 5.26 Å². The number of anilines is 3. The van der Waals surface area contributed by atoms with Crippen LogP contribution in [0.15, 0.2) is 121 Å². The van der Waals surface area contributed by atoms with E-state index in [0.717, 1.165) is 33.8 Å². The maximum atomic E-state index is 9.17. The van der Waals surface area contributed by atoms with Crippen LogP contribution < -0.4 is 4.90 Å². The molecule has 34 heavy (non-hydrogen) atoms. The van der Waals surface area contributed by atoms with Crippen LogP contribution in [0.5, 0.6) is 0 Å². The van der Waals surface area contributed by atoms with Gasteiger partial charge in [0.05, 0.1) is 11.6 Å². The highest BCUT2D eigenvalue weighted by Gasteiger charge is 2.13. The lowest BCUT2D eigenvalue weighted by Gasteiger charge is -2.26. The molecule has 0 heterocycles. The lowest BCUT2D eigenvalue weighted by Crippen LogP contribution is -2.09. The number of nitriles is 1. The Morgan fingerprint density at radius 2 is 1.32 bits per heavy atom. The van der Waals surface area contributed by atoms with Gasteiger partial charge in [0.25, 0.3) is 0 Å². The number of allylic oxidation sites excluding steroid dienone is 1. The fourth-order valence-electron chi connectivity index (χ4n) is 4.24. The molecule has 162 valence electrons. The maximum absolute atomic E-state index is 9.17. The first-order valence-electron chi connectivity index (χ1n) is 11.3. The molecular weight excluding hydrogens is 412 g/mol. The van der Waals surface area contributed by atoms with Crippen LogP contribution in [0.3, 0.4) is 0 Å². The van der Waals surface area contributed by atoms with Crippen LogP contribution in [0.2, 0.25) is 0 Å². The summed E-state index contributed by atoms with van der Waals surface area (Å²) in [6.45, 7) is 2.10. The number of para-hydroxylation sites is 1. The first kappa shape index (κ1) is 21.2. The summed E-state index contributed by atoms with van der Waals surface area (Å²) in [7, 11) is 0. The SMILES string of the molecule is C/C(=C/c1cccc(C#N)c1)c1ccc(N(c2ccccc2)c2ccc3ccccc3c2)cc1. The van der Waals surface area contributed by atoms with Crippen molar-refractivity contribution in [2.24, 2.45) is 0 Å². The highest BCUT2D eigenvalue weighted by molar-refractivity contribution is 5.89. The van der Waals surface area contributed by atoms with Crippen molar-refractivity contribution in [3.8, 4) is 6.07 Å². The number of rotatable bonds is 5. The monoisotopic (exact) mass is 436 g/mol. The van der Waals surface area contributed by atoms with Crippen molar-refractivity contribution < 1.29 is 0 Å². The minimum Gasteiger partial charge on any atom is -0.310 e. The topological polar surface area (TPSA) is 27.0 Å². The molecule has 0 aromatic heterocycles. The van der Waals surface area contributed by atoms with E-state index in [1.165, 1.54) is 10.8 Å². The Labute approximate surface area is 200 Å². The molecular formula is C32H24N2. The van der Waals surface area contributed by atoms with Crippen molar-refractivity contribution in [2.75, 3.05) is 4.90 Å². The molecule has 0 atom stereocenters. The molecule has 5 aromatic rings. The van der Waals surface area contributed by atoms with Crippen molar-refractivity contribution in [2.45, 2.75) is 6.92 Å². The van der Waals surface area contributed by atoms with E-state index >= 15 is 0 Å². The Balaban J connectivity index is 1.52. The minimum atomic E-state index is 0.672. The second-order valence-corrected chi connectivity index (χ2v) is 8.31. The van der Waals surface area contributed by atoms with Gasteiger partial charge in [0.2, 0.25) is 0 Å². The van der Waals surface area contributed by atoms with E-state index in [-0.39, 0.29) is 0 Å². The van der Waals surface area contributed by atoms with Crippen LogP contribution in [0.25, 0.3) is 22.4 Å². The van der Waals surface area contributed by atoms with Gasteiger partial charge >= 0.3 is 0 Å². The molecule has 0 fully saturated rings. The van der Waals surface area contributed by atoms with Gasteiger partial charge in [-0.2, -0.15) is 5.26 Å². The summed E-state index contributed by atoms with van der Waals surface area (Å²) in [6, 6.07) is 44.0. The van der Waals surface area contributed by atoms with E-state index in [1.807, 2.05) is 30.3 Å². The third-order valence-electron chi connectivity index (χ3n) is 5.99. The second-order valence-electron chi connectivity index (χ2n) is 8.31. The van der Waals surface area contributed by atoms with Gasteiger partial charge in [0.15, 0.2) is 0 Å². The van der Waals surface area contributed by atoms with Crippen LogP contribution in [0.1, 0.15) is 23.6 Å². The highest BCUT2D eigenvalue weighted by atomic mass is 15.1. The maximum Gasteiger partial charge on any atom is 0.0991 e. The van der Waals surface area contributed by atoms with Crippen LogP contribution in [-0.4, -0.2) is 0 Å². The Hall–Kier alpha value is -4.61. The number of benzene rings is 5. The van der Waals surface area contributed by atoms with Gasteiger partial charge in [0, 0.05) is 17.1 Å². The summed E-state index contributed by atoms with van der Waals surface area (Å²) in [5.74, 6) is 0. The lowest BCUT2D eigenvalue weighted by atomic mass is 10.0. The van der Waals surface area contributed by atoms with E-state index < -0.39 is 0 Å². The highest BCUT2D eigenvalue weighted by Crippen LogP contribution is 2.36.